The fourth-order valence-electron chi connectivity index (χ4n) is 1.94. The molecule has 0 saturated heterocycles. The molecule has 5 heteroatoms. The molecule has 0 aliphatic rings. The predicted molar refractivity (Wildman–Crippen MR) is 81.8 cm³/mol. The molecule has 0 bridgehead atoms. The Bertz CT molecular complexity index is 666. The van der Waals surface area contributed by atoms with E-state index < -0.39 is 4.92 Å². The molecule has 0 aliphatic carbocycles. The standard InChI is InChI=1S/C16H16N2O3/c1-12(13-8-4-3-5-9-13)16(17-2)21-15-11-7-6-10-14(15)18(19)20/h3-11,17H,1-2H3. The van der Waals surface area contributed by atoms with Crippen molar-refractivity contribution in [1.29, 1.82) is 0 Å². The van der Waals surface area contributed by atoms with Gasteiger partial charge in [0.1, 0.15) is 0 Å². The molecule has 0 fully saturated rings. The normalized spacial score (nSPS) is 11.5. The van der Waals surface area contributed by atoms with Gasteiger partial charge >= 0.3 is 5.69 Å². The van der Waals surface area contributed by atoms with Crippen LogP contribution in [0.25, 0.3) is 5.57 Å². The van der Waals surface area contributed by atoms with Gasteiger partial charge in [0.2, 0.25) is 5.75 Å². The van der Waals surface area contributed by atoms with E-state index in [-0.39, 0.29) is 11.4 Å². The Morgan fingerprint density at radius 1 is 1.10 bits per heavy atom. The lowest BCUT2D eigenvalue weighted by molar-refractivity contribution is -0.385. The second-order valence-corrected chi connectivity index (χ2v) is 4.40. The maximum absolute atomic E-state index is 11.0. The third-order valence-corrected chi connectivity index (χ3v) is 3.05. The van der Waals surface area contributed by atoms with Crippen molar-refractivity contribution in [2.45, 2.75) is 6.92 Å². The van der Waals surface area contributed by atoms with Crippen molar-refractivity contribution < 1.29 is 9.66 Å². The van der Waals surface area contributed by atoms with Crippen molar-refractivity contribution in [3.05, 3.63) is 76.2 Å². The van der Waals surface area contributed by atoms with E-state index >= 15 is 0 Å². The molecule has 0 radical (unpaired) electrons. The van der Waals surface area contributed by atoms with Crippen LogP contribution in [0.15, 0.2) is 60.5 Å². The van der Waals surface area contributed by atoms with Gasteiger partial charge in [-0.05, 0) is 18.6 Å². The summed E-state index contributed by atoms with van der Waals surface area (Å²) < 4.78 is 5.70. The second kappa shape index (κ2) is 6.56. The summed E-state index contributed by atoms with van der Waals surface area (Å²) in [6.07, 6.45) is 0. The number of nitrogens with zero attached hydrogens (tertiary/aromatic N) is 1. The van der Waals surface area contributed by atoms with Gasteiger partial charge in [0.15, 0.2) is 5.88 Å². The number of benzene rings is 2. The van der Waals surface area contributed by atoms with Crippen LogP contribution in [0.2, 0.25) is 0 Å². The van der Waals surface area contributed by atoms with E-state index in [1.165, 1.54) is 6.07 Å². The fraction of sp³-hybridized carbons (Fsp3) is 0.125. The van der Waals surface area contributed by atoms with Gasteiger partial charge in [-0.25, -0.2) is 0 Å². The van der Waals surface area contributed by atoms with Crippen LogP contribution in [0, 0.1) is 10.1 Å². The minimum absolute atomic E-state index is 0.0638. The Morgan fingerprint density at radius 2 is 1.71 bits per heavy atom. The zero-order chi connectivity index (χ0) is 15.2. The summed E-state index contributed by atoms with van der Waals surface area (Å²) in [5.41, 5.74) is 1.79. The number of hydrogen-bond acceptors (Lipinski definition) is 4. The van der Waals surface area contributed by atoms with Crippen LogP contribution in [0.3, 0.4) is 0 Å². The van der Waals surface area contributed by atoms with Crippen molar-refractivity contribution in [1.82, 2.24) is 5.32 Å². The molecule has 2 rings (SSSR count). The Labute approximate surface area is 123 Å². The Balaban J connectivity index is 2.38. The van der Waals surface area contributed by atoms with Crippen LogP contribution < -0.4 is 10.1 Å². The quantitative estimate of drug-likeness (QED) is 0.518. The molecule has 0 saturated carbocycles. The number of hydrogen-bond donors (Lipinski definition) is 1. The molecule has 2 aromatic carbocycles. The van der Waals surface area contributed by atoms with E-state index in [4.69, 9.17) is 4.74 Å². The first-order valence-electron chi connectivity index (χ1n) is 6.49. The average Bonchev–Trinajstić information content (AvgIpc) is 2.53. The number of nitro groups is 1. The molecule has 0 atom stereocenters. The number of nitro benzene ring substituents is 1. The molecule has 0 spiro atoms. The minimum Gasteiger partial charge on any atom is -0.434 e. The first kappa shape index (κ1) is 14.6. The van der Waals surface area contributed by atoms with Crippen LogP contribution in [-0.2, 0) is 0 Å². The Hall–Kier alpha value is -2.82. The first-order valence-corrected chi connectivity index (χ1v) is 6.49. The second-order valence-electron chi connectivity index (χ2n) is 4.40. The lowest BCUT2D eigenvalue weighted by Gasteiger charge is -2.13. The predicted octanol–water partition coefficient (Wildman–Crippen LogP) is 3.58. The van der Waals surface area contributed by atoms with Crippen molar-refractivity contribution >= 4 is 11.3 Å². The molecule has 2 aromatic rings. The topological polar surface area (TPSA) is 64.4 Å². The molecule has 108 valence electrons. The molecule has 0 heterocycles. The zero-order valence-electron chi connectivity index (χ0n) is 11.9. The van der Waals surface area contributed by atoms with Gasteiger partial charge in [-0.15, -0.1) is 0 Å². The Kier molecular flexibility index (Phi) is 4.56. The van der Waals surface area contributed by atoms with E-state index in [1.807, 2.05) is 37.3 Å². The number of nitrogens with one attached hydrogen (secondary N) is 1. The number of para-hydroxylation sites is 2. The summed E-state index contributed by atoms with van der Waals surface area (Å²) in [5, 5.41) is 14.0. The number of rotatable bonds is 5. The van der Waals surface area contributed by atoms with Gasteiger partial charge in [0.25, 0.3) is 0 Å². The zero-order valence-corrected chi connectivity index (χ0v) is 11.9. The van der Waals surface area contributed by atoms with Gasteiger partial charge < -0.3 is 10.1 Å². The summed E-state index contributed by atoms with van der Waals surface area (Å²) in [7, 11) is 1.72. The van der Waals surface area contributed by atoms with Crippen molar-refractivity contribution in [3.8, 4) is 5.75 Å². The highest BCUT2D eigenvalue weighted by Gasteiger charge is 2.16. The van der Waals surface area contributed by atoms with E-state index in [0.29, 0.717) is 5.88 Å². The first-order chi connectivity index (χ1) is 10.1. The highest BCUT2D eigenvalue weighted by molar-refractivity contribution is 5.66. The third-order valence-electron chi connectivity index (χ3n) is 3.05. The third kappa shape index (κ3) is 3.39. The Morgan fingerprint density at radius 3 is 2.33 bits per heavy atom. The maximum atomic E-state index is 11.0. The van der Waals surface area contributed by atoms with Crippen molar-refractivity contribution in [2.75, 3.05) is 7.05 Å². The summed E-state index contributed by atoms with van der Waals surface area (Å²) in [6, 6.07) is 16.0. The number of ether oxygens (including phenoxy) is 1. The SMILES string of the molecule is CNC(Oc1ccccc1[N+](=O)[O-])=C(C)c1ccccc1. The molecule has 0 aromatic heterocycles. The lowest BCUT2D eigenvalue weighted by atomic mass is 10.1. The van der Waals surface area contributed by atoms with Gasteiger partial charge in [-0.1, -0.05) is 42.5 Å². The summed E-state index contributed by atoms with van der Waals surface area (Å²) in [5.74, 6) is 0.692. The van der Waals surface area contributed by atoms with Crippen LogP contribution in [-0.4, -0.2) is 12.0 Å². The van der Waals surface area contributed by atoms with Gasteiger partial charge in [0, 0.05) is 18.7 Å². The van der Waals surface area contributed by atoms with Crippen molar-refractivity contribution in [2.24, 2.45) is 0 Å². The summed E-state index contributed by atoms with van der Waals surface area (Å²) >= 11 is 0. The highest BCUT2D eigenvalue weighted by Crippen LogP contribution is 2.29. The van der Waals surface area contributed by atoms with E-state index in [1.54, 1.807) is 25.2 Å². The number of allylic oxidation sites excluding steroid dienone is 1. The monoisotopic (exact) mass is 284 g/mol. The molecule has 5 nitrogen and oxygen atoms in total. The molecule has 0 aliphatic heterocycles. The molecular formula is C16H16N2O3. The summed E-state index contributed by atoms with van der Waals surface area (Å²) in [6.45, 7) is 1.90. The smallest absolute Gasteiger partial charge is 0.311 e. The van der Waals surface area contributed by atoms with Crippen LogP contribution in [0.1, 0.15) is 12.5 Å². The van der Waals surface area contributed by atoms with E-state index in [9.17, 15) is 10.1 Å². The van der Waals surface area contributed by atoms with Gasteiger partial charge in [0.05, 0.1) is 4.92 Å². The van der Waals surface area contributed by atoms with Crippen molar-refractivity contribution in [3.63, 3.8) is 0 Å². The lowest BCUT2D eigenvalue weighted by Crippen LogP contribution is -2.15. The largest absolute Gasteiger partial charge is 0.434 e. The minimum atomic E-state index is -0.458. The van der Waals surface area contributed by atoms with Crippen LogP contribution in [0.5, 0.6) is 5.75 Å². The van der Waals surface area contributed by atoms with Gasteiger partial charge in [-0.3, -0.25) is 10.1 Å². The van der Waals surface area contributed by atoms with Crippen LogP contribution in [0.4, 0.5) is 5.69 Å². The molecule has 0 amide bonds. The highest BCUT2D eigenvalue weighted by atomic mass is 16.6. The maximum Gasteiger partial charge on any atom is 0.311 e. The molecule has 0 unspecified atom stereocenters. The average molecular weight is 284 g/mol. The van der Waals surface area contributed by atoms with E-state index in [0.717, 1.165) is 11.1 Å². The molecule has 21 heavy (non-hydrogen) atoms. The fourth-order valence-corrected chi connectivity index (χ4v) is 1.94. The van der Waals surface area contributed by atoms with E-state index in [2.05, 4.69) is 5.32 Å². The van der Waals surface area contributed by atoms with Crippen LogP contribution >= 0.6 is 0 Å². The van der Waals surface area contributed by atoms with Gasteiger partial charge in [-0.2, -0.15) is 0 Å². The summed E-state index contributed by atoms with van der Waals surface area (Å²) in [4.78, 5) is 10.6. The molecule has 1 N–H and O–H groups in total. The molecular weight excluding hydrogens is 268 g/mol.